The Morgan fingerprint density at radius 3 is 2.80 bits per heavy atom. The monoisotopic (exact) mass is 344 g/mol. The lowest BCUT2D eigenvalue weighted by molar-refractivity contribution is -0.142. The number of aromatic nitrogens is 4. The highest BCUT2D eigenvalue weighted by Gasteiger charge is 2.34. The van der Waals surface area contributed by atoms with Crippen LogP contribution in [0.4, 0.5) is 0 Å². The number of likely N-dealkylation sites (N-methyl/N-ethyl adjacent to an activating group) is 1. The van der Waals surface area contributed by atoms with E-state index in [9.17, 15) is 9.59 Å². The van der Waals surface area contributed by atoms with Crippen LogP contribution in [0.2, 0.25) is 0 Å². The minimum Gasteiger partial charge on any atom is -0.347 e. The molecule has 0 saturated carbocycles. The van der Waals surface area contributed by atoms with Gasteiger partial charge in [-0.3, -0.25) is 9.59 Å². The number of hydrogen-bond donors (Lipinski definition) is 0. The molecule has 1 aliphatic rings. The molecule has 2 aromatic rings. The number of aryl methyl sites for hydroxylation is 2. The highest BCUT2D eigenvalue weighted by molar-refractivity contribution is 5.88. The summed E-state index contributed by atoms with van der Waals surface area (Å²) in [5.74, 6) is 0.598. The van der Waals surface area contributed by atoms with Crippen molar-refractivity contribution in [2.45, 2.75) is 45.6 Å². The van der Waals surface area contributed by atoms with Gasteiger partial charge in [0, 0.05) is 38.4 Å². The number of hydrogen-bond acceptors (Lipinski definition) is 5. The topological polar surface area (TPSA) is 83.7 Å². The van der Waals surface area contributed by atoms with Crippen molar-refractivity contribution in [2.75, 3.05) is 20.6 Å². The van der Waals surface area contributed by atoms with Gasteiger partial charge in [0.15, 0.2) is 0 Å². The van der Waals surface area contributed by atoms with Gasteiger partial charge >= 0.3 is 0 Å². The van der Waals surface area contributed by atoms with Gasteiger partial charge in [0.05, 0.1) is 0 Å². The van der Waals surface area contributed by atoms with Crippen LogP contribution in [0.25, 0.3) is 5.78 Å². The molecule has 8 heteroatoms. The Kier molecular flexibility index (Phi) is 4.69. The summed E-state index contributed by atoms with van der Waals surface area (Å²) in [6.07, 6.45) is 4.04. The second-order valence-corrected chi connectivity index (χ2v) is 6.71. The molecular formula is C17H24N6O2. The Balaban J connectivity index is 1.73. The van der Waals surface area contributed by atoms with Crippen LogP contribution in [-0.4, -0.2) is 67.9 Å². The molecule has 1 fully saturated rings. The molecule has 2 amide bonds. The maximum Gasteiger partial charge on any atom is 0.252 e. The average molecular weight is 344 g/mol. The van der Waals surface area contributed by atoms with Gasteiger partial charge in [-0.2, -0.15) is 10.1 Å². The largest absolute Gasteiger partial charge is 0.347 e. The van der Waals surface area contributed by atoms with Crippen LogP contribution in [0.5, 0.6) is 0 Å². The molecule has 2 aromatic heterocycles. The second kappa shape index (κ2) is 6.78. The van der Waals surface area contributed by atoms with Gasteiger partial charge in [-0.05, 0) is 38.7 Å². The molecule has 1 unspecified atom stereocenters. The Labute approximate surface area is 146 Å². The van der Waals surface area contributed by atoms with Crippen molar-refractivity contribution in [3.05, 3.63) is 23.3 Å². The van der Waals surface area contributed by atoms with Gasteiger partial charge in [0.25, 0.3) is 5.78 Å². The lowest BCUT2D eigenvalue weighted by atomic mass is 10.1. The number of fused-ring (bicyclic) bond motifs is 1. The number of carbonyl (C=O) groups excluding carboxylic acids is 2. The first kappa shape index (κ1) is 17.3. The molecule has 0 aromatic carbocycles. The van der Waals surface area contributed by atoms with E-state index in [4.69, 9.17) is 0 Å². The molecule has 0 bridgehead atoms. The highest BCUT2D eigenvalue weighted by Crippen LogP contribution is 2.21. The van der Waals surface area contributed by atoms with Crippen LogP contribution >= 0.6 is 0 Å². The number of rotatable bonds is 4. The molecule has 1 aliphatic heterocycles. The molecule has 3 heterocycles. The van der Waals surface area contributed by atoms with E-state index in [-0.39, 0.29) is 17.9 Å². The lowest BCUT2D eigenvalue weighted by Gasteiger charge is -2.26. The van der Waals surface area contributed by atoms with E-state index >= 15 is 0 Å². The highest BCUT2D eigenvalue weighted by atomic mass is 16.2. The fraction of sp³-hybridized carbons (Fsp3) is 0.588. The average Bonchev–Trinajstić information content (AvgIpc) is 3.22. The maximum atomic E-state index is 12.7. The standard InChI is InChI=1S/C17H24N6O2/c1-11-13(12(2)23-17(20-11)18-10-19-23)7-8-15(24)22-9-5-6-14(22)16(25)21(3)4/h10,14H,5-9H2,1-4H3. The molecule has 0 N–H and O–H groups in total. The van der Waals surface area contributed by atoms with Crippen LogP contribution in [0, 0.1) is 13.8 Å². The van der Waals surface area contributed by atoms with Crippen LogP contribution in [0.3, 0.4) is 0 Å². The number of carbonyl (C=O) groups is 2. The van der Waals surface area contributed by atoms with E-state index < -0.39 is 0 Å². The van der Waals surface area contributed by atoms with Crippen molar-refractivity contribution in [1.82, 2.24) is 29.4 Å². The van der Waals surface area contributed by atoms with Crippen molar-refractivity contribution in [3.63, 3.8) is 0 Å². The summed E-state index contributed by atoms with van der Waals surface area (Å²) >= 11 is 0. The molecule has 3 rings (SSSR count). The van der Waals surface area contributed by atoms with E-state index in [1.165, 1.54) is 6.33 Å². The molecule has 0 spiro atoms. The first-order valence-corrected chi connectivity index (χ1v) is 8.56. The Hall–Kier alpha value is -2.51. The summed E-state index contributed by atoms with van der Waals surface area (Å²) in [6.45, 7) is 4.54. The predicted molar refractivity (Wildman–Crippen MR) is 92.0 cm³/mol. The van der Waals surface area contributed by atoms with Gasteiger partial charge in [-0.25, -0.2) is 9.50 Å². The summed E-state index contributed by atoms with van der Waals surface area (Å²) in [5, 5.41) is 4.18. The minimum absolute atomic E-state index is 0.00362. The van der Waals surface area contributed by atoms with Gasteiger partial charge in [-0.1, -0.05) is 0 Å². The quantitative estimate of drug-likeness (QED) is 0.817. The normalized spacial score (nSPS) is 17.3. The Bertz CT molecular complexity index is 813. The first-order chi connectivity index (χ1) is 11.9. The first-order valence-electron chi connectivity index (χ1n) is 8.56. The Morgan fingerprint density at radius 1 is 1.32 bits per heavy atom. The third-order valence-electron chi connectivity index (χ3n) is 4.88. The second-order valence-electron chi connectivity index (χ2n) is 6.71. The lowest BCUT2D eigenvalue weighted by Crippen LogP contribution is -2.45. The van der Waals surface area contributed by atoms with Crippen LogP contribution in [0.1, 0.15) is 36.2 Å². The zero-order valence-corrected chi connectivity index (χ0v) is 15.2. The number of nitrogens with zero attached hydrogens (tertiary/aromatic N) is 6. The summed E-state index contributed by atoms with van der Waals surface area (Å²) in [7, 11) is 3.46. The van der Waals surface area contributed by atoms with Gasteiger partial charge < -0.3 is 9.80 Å². The summed E-state index contributed by atoms with van der Waals surface area (Å²) < 4.78 is 1.70. The van der Waals surface area contributed by atoms with Crippen molar-refractivity contribution >= 4 is 17.6 Å². The number of likely N-dealkylation sites (tertiary alicyclic amines) is 1. The third kappa shape index (κ3) is 3.20. The van der Waals surface area contributed by atoms with E-state index in [0.29, 0.717) is 25.2 Å². The van der Waals surface area contributed by atoms with Gasteiger partial charge in [-0.15, -0.1) is 0 Å². The summed E-state index contributed by atoms with van der Waals surface area (Å²) in [6, 6.07) is -0.319. The van der Waals surface area contributed by atoms with Crippen LogP contribution < -0.4 is 0 Å². The molecular weight excluding hydrogens is 320 g/mol. The van der Waals surface area contributed by atoms with E-state index in [0.717, 1.165) is 29.8 Å². The third-order valence-corrected chi connectivity index (χ3v) is 4.88. The van der Waals surface area contributed by atoms with E-state index in [2.05, 4.69) is 15.1 Å². The van der Waals surface area contributed by atoms with Crippen LogP contribution in [0.15, 0.2) is 6.33 Å². The van der Waals surface area contributed by atoms with E-state index in [1.807, 2.05) is 13.8 Å². The fourth-order valence-corrected chi connectivity index (χ4v) is 3.51. The smallest absolute Gasteiger partial charge is 0.252 e. The van der Waals surface area contributed by atoms with Crippen molar-refractivity contribution in [3.8, 4) is 0 Å². The Morgan fingerprint density at radius 2 is 2.08 bits per heavy atom. The van der Waals surface area contributed by atoms with Crippen molar-refractivity contribution < 1.29 is 9.59 Å². The molecule has 25 heavy (non-hydrogen) atoms. The van der Waals surface area contributed by atoms with E-state index in [1.54, 1.807) is 28.4 Å². The molecule has 134 valence electrons. The molecule has 1 saturated heterocycles. The maximum absolute atomic E-state index is 12.7. The SMILES string of the molecule is Cc1nc2ncnn2c(C)c1CCC(=O)N1CCCC1C(=O)N(C)C. The zero-order valence-electron chi connectivity index (χ0n) is 15.2. The minimum atomic E-state index is -0.319. The van der Waals surface area contributed by atoms with Gasteiger partial charge in [0.1, 0.15) is 12.4 Å². The molecule has 0 aliphatic carbocycles. The van der Waals surface area contributed by atoms with Crippen molar-refractivity contribution in [1.29, 1.82) is 0 Å². The predicted octanol–water partition coefficient (Wildman–Crippen LogP) is 0.753. The van der Waals surface area contributed by atoms with Crippen molar-refractivity contribution in [2.24, 2.45) is 0 Å². The zero-order chi connectivity index (χ0) is 18.1. The molecule has 8 nitrogen and oxygen atoms in total. The molecule has 0 radical (unpaired) electrons. The summed E-state index contributed by atoms with van der Waals surface area (Å²) in [4.78, 5) is 36.8. The molecule has 1 atom stereocenters. The number of amides is 2. The summed E-state index contributed by atoms with van der Waals surface area (Å²) in [5.41, 5.74) is 2.84. The van der Waals surface area contributed by atoms with Crippen LogP contribution in [-0.2, 0) is 16.0 Å². The van der Waals surface area contributed by atoms with Gasteiger partial charge in [0.2, 0.25) is 11.8 Å². The fourth-order valence-electron chi connectivity index (χ4n) is 3.51.